The number of aryl methyl sites for hydroxylation is 4. The van der Waals surface area contributed by atoms with Gasteiger partial charge in [-0.3, -0.25) is 0 Å². The number of aliphatic hydroxyl groups excluding tert-OH is 2. The first kappa shape index (κ1) is 42.2. The lowest BCUT2D eigenvalue weighted by Crippen LogP contribution is -2.16. The van der Waals surface area contributed by atoms with Crippen molar-refractivity contribution in [1.29, 1.82) is 0 Å². The molecule has 0 aromatic heterocycles. The number of benzene rings is 3. The monoisotopic (exact) mass is 712 g/mol. The molecule has 0 bridgehead atoms. The van der Waals surface area contributed by atoms with Gasteiger partial charge in [0.1, 0.15) is 5.75 Å². The third-order valence-corrected chi connectivity index (χ3v) is 9.17. The SMILES string of the molecule is C=C(C)C(=O)OCCCc1cc(-c2ccc(-c3ccc(CCCCC)cc3)cc2CCC)cc(CCCOC(=O)C(=C)C)c1OCCC(CO)CO. The van der Waals surface area contributed by atoms with Crippen LogP contribution in [0, 0.1) is 5.92 Å². The maximum Gasteiger partial charge on any atom is 0.333 e. The molecule has 7 heteroatoms. The molecule has 0 amide bonds. The summed E-state index contributed by atoms with van der Waals surface area (Å²) in [5.41, 5.74) is 9.92. The van der Waals surface area contributed by atoms with E-state index in [0.717, 1.165) is 47.3 Å². The lowest BCUT2D eigenvalue weighted by Gasteiger charge is -2.21. The summed E-state index contributed by atoms with van der Waals surface area (Å²) in [6.45, 7) is 15.6. The molecule has 0 aliphatic carbocycles. The van der Waals surface area contributed by atoms with Crippen LogP contribution in [0.15, 0.2) is 78.9 Å². The number of rotatable bonds is 24. The van der Waals surface area contributed by atoms with Crippen LogP contribution >= 0.6 is 0 Å². The highest BCUT2D eigenvalue weighted by Gasteiger charge is 2.18. The second kappa shape index (κ2) is 22.7. The van der Waals surface area contributed by atoms with Gasteiger partial charge in [0.05, 0.1) is 19.8 Å². The molecule has 0 saturated heterocycles. The van der Waals surface area contributed by atoms with Crippen LogP contribution in [0.3, 0.4) is 0 Å². The standard InChI is InChI=1S/C45H60O7/c1-7-9-10-14-34-17-19-36(20-18-34)37-21-22-42(38(27-37)13-8-2)41-28-39(15-11-24-51-44(48)32(3)4)43(50-26-23-35(30-46)31-47)40(29-41)16-12-25-52-45(49)33(5)6/h17-22,27-29,35,46-47H,3,5,7-16,23-26,30-31H2,1-2,4,6H3. The van der Waals surface area contributed by atoms with Crippen LogP contribution in [-0.2, 0) is 44.7 Å². The predicted molar refractivity (Wildman–Crippen MR) is 210 cm³/mol. The van der Waals surface area contributed by atoms with Crippen LogP contribution in [0.1, 0.15) is 94.9 Å². The van der Waals surface area contributed by atoms with Crippen molar-refractivity contribution in [3.63, 3.8) is 0 Å². The predicted octanol–water partition coefficient (Wildman–Crippen LogP) is 9.18. The van der Waals surface area contributed by atoms with Gasteiger partial charge in [0, 0.05) is 30.3 Å². The minimum atomic E-state index is -0.412. The average molecular weight is 713 g/mol. The second-order valence-electron chi connectivity index (χ2n) is 13.8. The van der Waals surface area contributed by atoms with Crippen LogP contribution in [-0.4, -0.2) is 55.2 Å². The molecule has 0 unspecified atom stereocenters. The Morgan fingerprint density at radius 2 is 1.19 bits per heavy atom. The minimum absolute atomic E-state index is 0.125. The summed E-state index contributed by atoms with van der Waals surface area (Å²) in [6.07, 6.45) is 9.54. The molecule has 0 fully saturated rings. The molecule has 0 heterocycles. The van der Waals surface area contributed by atoms with Gasteiger partial charge < -0.3 is 24.4 Å². The Morgan fingerprint density at radius 1 is 0.635 bits per heavy atom. The van der Waals surface area contributed by atoms with Crippen LogP contribution in [0.5, 0.6) is 5.75 Å². The molecule has 3 aromatic rings. The van der Waals surface area contributed by atoms with Crippen LogP contribution in [0.25, 0.3) is 22.3 Å². The molecule has 0 aliphatic rings. The zero-order valence-corrected chi connectivity index (χ0v) is 31.9. The first-order valence-electron chi connectivity index (χ1n) is 19.0. The molecule has 0 spiro atoms. The van der Waals surface area contributed by atoms with Gasteiger partial charge in [-0.05, 0) is 122 Å². The number of carbonyl (C=O) groups is 2. The molecule has 2 N–H and O–H groups in total. The summed E-state index contributed by atoms with van der Waals surface area (Å²) in [4.78, 5) is 24.2. The second-order valence-corrected chi connectivity index (χ2v) is 13.8. The maximum absolute atomic E-state index is 12.1. The molecule has 3 rings (SSSR count). The topological polar surface area (TPSA) is 102 Å². The molecular weight excluding hydrogens is 652 g/mol. The average Bonchev–Trinajstić information content (AvgIpc) is 3.14. The van der Waals surface area contributed by atoms with E-state index in [1.165, 1.54) is 41.5 Å². The fraction of sp³-hybridized carbons (Fsp3) is 0.467. The molecule has 0 atom stereocenters. The van der Waals surface area contributed by atoms with E-state index < -0.39 is 11.9 Å². The zero-order valence-electron chi connectivity index (χ0n) is 31.9. The van der Waals surface area contributed by atoms with Gasteiger partial charge in [0.15, 0.2) is 0 Å². The molecule has 0 radical (unpaired) electrons. The highest BCUT2D eigenvalue weighted by atomic mass is 16.5. The first-order chi connectivity index (χ1) is 25.1. The molecule has 7 nitrogen and oxygen atoms in total. The van der Waals surface area contributed by atoms with Crippen molar-refractivity contribution in [3.8, 4) is 28.0 Å². The third kappa shape index (κ3) is 13.4. The van der Waals surface area contributed by atoms with Crippen LogP contribution in [0.4, 0.5) is 0 Å². The Kier molecular flexibility index (Phi) is 18.4. The Bertz CT molecular complexity index is 1550. The van der Waals surface area contributed by atoms with Crippen molar-refractivity contribution < 1.29 is 34.0 Å². The van der Waals surface area contributed by atoms with Gasteiger partial charge in [0.2, 0.25) is 0 Å². The zero-order chi connectivity index (χ0) is 37.9. The number of hydrogen-bond acceptors (Lipinski definition) is 7. The van der Waals surface area contributed by atoms with Crippen molar-refractivity contribution in [2.75, 3.05) is 33.0 Å². The van der Waals surface area contributed by atoms with Crippen LogP contribution in [0.2, 0.25) is 0 Å². The Labute approximate surface area is 311 Å². The van der Waals surface area contributed by atoms with Gasteiger partial charge >= 0.3 is 11.9 Å². The van der Waals surface area contributed by atoms with Gasteiger partial charge in [-0.2, -0.15) is 0 Å². The lowest BCUT2D eigenvalue weighted by atomic mass is 9.89. The van der Waals surface area contributed by atoms with Crippen molar-refractivity contribution in [2.45, 2.75) is 98.3 Å². The summed E-state index contributed by atoms with van der Waals surface area (Å²) < 4.78 is 17.3. The normalized spacial score (nSPS) is 11.1. The maximum atomic E-state index is 12.1. The summed E-state index contributed by atoms with van der Waals surface area (Å²) in [7, 11) is 0. The van der Waals surface area contributed by atoms with Crippen LogP contribution < -0.4 is 4.74 Å². The van der Waals surface area contributed by atoms with Crippen molar-refractivity contribution in [2.24, 2.45) is 5.92 Å². The minimum Gasteiger partial charge on any atom is -0.493 e. The molecule has 3 aromatic carbocycles. The number of carbonyl (C=O) groups excluding carboxylic acids is 2. The van der Waals surface area contributed by atoms with E-state index in [1.807, 2.05) is 0 Å². The number of ether oxygens (including phenoxy) is 3. The number of aliphatic hydroxyl groups is 2. The fourth-order valence-electron chi connectivity index (χ4n) is 6.11. The quantitative estimate of drug-likeness (QED) is 0.0543. The summed E-state index contributed by atoms with van der Waals surface area (Å²) in [6, 6.07) is 20.0. The highest BCUT2D eigenvalue weighted by Crippen LogP contribution is 2.37. The molecule has 0 saturated carbocycles. The van der Waals surface area contributed by atoms with Gasteiger partial charge in [0.25, 0.3) is 0 Å². The number of unbranched alkanes of at least 4 members (excludes halogenated alkanes) is 2. The van der Waals surface area contributed by atoms with E-state index in [4.69, 9.17) is 14.2 Å². The number of esters is 2. The molecule has 0 aliphatic heterocycles. The van der Waals surface area contributed by atoms with Crippen molar-refractivity contribution >= 4 is 11.9 Å². The van der Waals surface area contributed by atoms with E-state index in [9.17, 15) is 19.8 Å². The van der Waals surface area contributed by atoms with E-state index in [2.05, 4.69) is 81.6 Å². The summed E-state index contributed by atoms with van der Waals surface area (Å²) in [5.74, 6) is -0.361. The van der Waals surface area contributed by atoms with E-state index in [-0.39, 0.29) is 32.3 Å². The fourth-order valence-corrected chi connectivity index (χ4v) is 6.11. The lowest BCUT2D eigenvalue weighted by molar-refractivity contribution is -0.139. The van der Waals surface area contributed by atoms with E-state index >= 15 is 0 Å². The molecule has 282 valence electrons. The molecule has 52 heavy (non-hydrogen) atoms. The Morgan fingerprint density at radius 3 is 1.71 bits per heavy atom. The van der Waals surface area contributed by atoms with E-state index in [0.29, 0.717) is 49.9 Å². The van der Waals surface area contributed by atoms with Gasteiger partial charge in [-0.1, -0.05) is 88.7 Å². The highest BCUT2D eigenvalue weighted by molar-refractivity contribution is 5.87. The largest absolute Gasteiger partial charge is 0.493 e. The Balaban J connectivity index is 2.03. The summed E-state index contributed by atoms with van der Waals surface area (Å²) >= 11 is 0. The Hall–Kier alpha value is -4.20. The summed E-state index contributed by atoms with van der Waals surface area (Å²) in [5, 5.41) is 19.3. The first-order valence-corrected chi connectivity index (χ1v) is 19.0. The van der Waals surface area contributed by atoms with Gasteiger partial charge in [-0.25, -0.2) is 9.59 Å². The van der Waals surface area contributed by atoms with Crippen molar-refractivity contribution in [3.05, 3.63) is 101 Å². The third-order valence-electron chi connectivity index (χ3n) is 9.17. The van der Waals surface area contributed by atoms with E-state index in [1.54, 1.807) is 13.8 Å². The number of hydrogen-bond donors (Lipinski definition) is 2. The molecular formula is C45H60O7. The van der Waals surface area contributed by atoms with Gasteiger partial charge in [-0.15, -0.1) is 0 Å². The smallest absolute Gasteiger partial charge is 0.333 e. The van der Waals surface area contributed by atoms with Crippen molar-refractivity contribution in [1.82, 2.24) is 0 Å².